The zero-order chi connectivity index (χ0) is 13.5. The quantitative estimate of drug-likeness (QED) is 0.811. The van der Waals surface area contributed by atoms with Gasteiger partial charge in [0.2, 0.25) is 5.91 Å². The van der Waals surface area contributed by atoms with E-state index in [1.54, 1.807) is 19.1 Å². The fourth-order valence-corrected chi connectivity index (χ4v) is 1.79. The Hall–Kier alpha value is -1.42. The molecule has 0 aliphatic rings. The van der Waals surface area contributed by atoms with Gasteiger partial charge in [-0.05, 0) is 37.0 Å². The van der Waals surface area contributed by atoms with Gasteiger partial charge in [0.25, 0.3) is 0 Å². The number of nitrogens with one attached hydrogen (secondary N) is 1. The second-order valence-electron chi connectivity index (χ2n) is 4.51. The molecule has 1 unspecified atom stereocenters. The lowest BCUT2D eigenvalue weighted by Crippen LogP contribution is -2.36. The van der Waals surface area contributed by atoms with Crippen molar-refractivity contribution in [3.05, 3.63) is 35.1 Å². The van der Waals surface area contributed by atoms with E-state index in [0.29, 0.717) is 25.1 Å². The third-order valence-corrected chi connectivity index (χ3v) is 2.91. The van der Waals surface area contributed by atoms with Crippen LogP contribution in [0.25, 0.3) is 0 Å². The molecule has 0 saturated carbocycles. The van der Waals surface area contributed by atoms with Crippen LogP contribution in [0.4, 0.5) is 4.39 Å². The second-order valence-corrected chi connectivity index (χ2v) is 4.51. The first-order chi connectivity index (χ1) is 8.58. The molecule has 18 heavy (non-hydrogen) atoms. The molecule has 100 valence electrons. The zero-order valence-corrected chi connectivity index (χ0v) is 11.0. The van der Waals surface area contributed by atoms with E-state index in [2.05, 4.69) is 5.32 Å². The fraction of sp³-hybridized carbons (Fsp3) is 0.500. The number of nitrogens with two attached hydrogens (primary N) is 1. The van der Waals surface area contributed by atoms with Crippen LogP contribution in [0.15, 0.2) is 18.2 Å². The lowest BCUT2D eigenvalue weighted by atomic mass is 9.97. The monoisotopic (exact) mass is 252 g/mol. The maximum absolute atomic E-state index is 13.1. The molecular formula is C14H21FN2O. The number of benzene rings is 1. The highest BCUT2D eigenvalue weighted by Gasteiger charge is 2.17. The molecule has 4 heteroatoms. The predicted molar refractivity (Wildman–Crippen MR) is 70.7 cm³/mol. The summed E-state index contributed by atoms with van der Waals surface area (Å²) < 4.78 is 13.1. The van der Waals surface area contributed by atoms with Gasteiger partial charge in [0.1, 0.15) is 5.82 Å². The van der Waals surface area contributed by atoms with Crippen molar-refractivity contribution >= 4 is 5.91 Å². The molecule has 1 amide bonds. The lowest BCUT2D eigenvalue weighted by Gasteiger charge is -2.15. The maximum Gasteiger partial charge on any atom is 0.224 e. The van der Waals surface area contributed by atoms with Crippen molar-refractivity contribution in [3.63, 3.8) is 0 Å². The van der Waals surface area contributed by atoms with Crippen LogP contribution >= 0.6 is 0 Å². The Labute approximate surface area is 108 Å². The molecule has 0 aliphatic heterocycles. The van der Waals surface area contributed by atoms with Crippen LogP contribution in [-0.2, 0) is 11.2 Å². The average molecular weight is 252 g/mol. The van der Waals surface area contributed by atoms with Gasteiger partial charge < -0.3 is 11.1 Å². The van der Waals surface area contributed by atoms with Crippen LogP contribution in [0.1, 0.15) is 24.5 Å². The Morgan fingerprint density at radius 3 is 2.78 bits per heavy atom. The van der Waals surface area contributed by atoms with Crippen molar-refractivity contribution in [1.29, 1.82) is 0 Å². The topological polar surface area (TPSA) is 55.1 Å². The second kappa shape index (κ2) is 7.11. The Balaban J connectivity index is 2.67. The van der Waals surface area contributed by atoms with Crippen LogP contribution in [0.3, 0.4) is 0 Å². The minimum Gasteiger partial charge on any atom is -0.356 e. The number of hydrogen-bond acceptors (Lipinski definition) is 2. The normalized spacial score (nSPS) is 12.2. The highest BCUT2D eigenvalue weighted by atomic mass is 19.1. The Bertz CT molecular complexity index is 407. The number of hydrogen-bond donors (Lipinski definition) is 2. The van der Waals surface area contributed by atoms with Gasteiger partial charge in [-0.2, -0.15) is 0 Å². The first-order valence-corrected chi connectivity index (χ1v) is 6.31. The maximum atomic E-state index is 13.1. The summed E-state index contributed by atoms with van der Waals surface area (Å²) in [5, 5.41) is 2.84. The van der Waals surface area contributed by atoms with Gasteiger partial charge in [0.15, 0.2) is 0 Å². The van der Waals surface area contributed by atoms with E-state index in [1.807, 2.05) is 6.92 Å². The minimum absolute atomic E-state index is 0.0265. The van der Waals surface area contributed by atoms with Crippen molar-refractivity contribution in [1.82, 2.24) is 5.32 Å². The van der Waals surface area contributed by atoms with E-state index in [4.69, 9.17) is 5.73 Å². The number of carbonyl (C=O) groups is 1. The summed E-state index contributed by atoms with van der Waals surface area (Å²) in [5.41, 5.74) is 7.16. The van der Waals surface area contributed by atoms with Gasteiger partial charge in [0.05, 0.1) is 5.92 Å². The molecule has 0 spiro atoms. The van der Waals surface area contributed by atoms with E-state index in [1.165, 1.54) is 6.07 Å². The van der Waals surface area contributed by atoms with Gasteiger partial charge in [-0.3, -0.25) is 4.79 Å². The predicted octanol–water partition coefficient (Wildman–Crippen LogP) is 1.78. The number of halogens is 1. The largest absolute Gasteiger partial charge is 0.356 e. The highest BCUT2D eigenvalue weighted by Crippen LogP contribution is 2.13. The summed E-state index contributed by atoms with van der Waals surface area (Å²) in [4.78, 5) is 11.8. The van der Waals surface area contributed by atoms with Crippen molar-refractivity contribution < 1.29 is 9.18 Å². The molecule has 0 radical (unpaired) electrons. The average Bonchev–Trinajstić information content (AvgIpc) is 2.37. The highest BCUT2D eigenvalue weighted by molar-refractivity contribution is 5.79. The molecule has 0 saturated heterocycles. The van der Waals surface area contributed by atoms with E-state index in [-0.39, 0.29) is 17.6 Å². The SMILES string of the molecule is CCCNC(=O)C(CN)Cc1ccc(F)c(C)c1. The molecule has 0 aliphatic carbocycles. The molecule has 1 rings (SSSR count). The van der Waals surface area contributed by atoms with Crippen molar-refractivity contribution in [2.24, 2.45) is 11.7 Å². The summed E-state index contributed by atoms with van der Waals surface area (Å²) in [6, 6.07) is 4.91. The molecule has 0 bridgehead atoms. The molecule has 0 fully saturated rings. The number of aryl methyl sites for hydroxylation is 1. The molecule has 1 atom stereocenters. The van der Waals surface area contributed by atoms with Crippen molar-refractivity contribution in [2.45, 2.75) is 26.7 Å². The third kappa shape index (κ3) is 4.11. The first-order valence-electron chi connectivity index (χ1n) is 6.31. The number of carbonyl (C=O) groups excluding carboxylic acids is 1. The van der Waals surface area contributed by atoms with Gasteiger partial charge >= 0.3 is 0 Å². The van der Waals surface area contributed by atoms with E-state index < -0.39 is 0 Å². The van der Waals surface area contributed by atoms with E-state index in [0.717, 1.165) is 12.0 Å². The Kier molecular flexibility index (Phi) is 5.78. The Morgan fingerprint density at radius 2 is 2.22 bits per heavy atom. The van der Waals surface area contributed by atoms with Crippen molar-refractivity contribution in [2.75, 3.05) is 13.1 Å². The zero-order valence-electron chi connectivity index (χ0n) is 11.0. The number of rotatable bonds is 6. The molecule has 1 aromatic rings. The van der Waals surface area contributed by atoms with Crippen molar-refractivity contribution in [3.8, 4) is 0 Å². The van der Waals surface area contributed by atoms with Crippen LogP contribution in [0, 0.1) is 18.7 Å². The molecule has 1 aromatic carbocycles. The van der Waals surface area contributed by atoms with Gasteiger partial charge in [-0.1, -0.05) is 19.1 Å². The molecule has 3 N–H and O–H groups in total. The third-order valence-electron chi connectivity index (χ3n) is 2.91. The van der Waals surface area contributed by atoms with Gasteiger partial charge in [0, 0.05) is 13.1 Å². The minimum atomic E-state index is -0.249. The van der Waals surface area contributed by atoms with Crippen LogP contribution in [0.2, 0.25) is 0 Å². The number of amides is 1. The van der Waals surface area contributed by atoms with Crippen LogP contribution < -0.4 is 11.1 Å². The smallest absolute Gasteiger partial charge is 0.224 e. The summed E-state index contributed by atoms with van der Waals surface area (Å²) in [5.74, 6) is -0.499. The Morgan fingerprint density at radius 1 is 1.50 bits per heavy atom. The molecule has 3 nitrogen and oxygen atoms in total. The van der Waals surface area contributed by atoms with Crippen LogP contribution in [-0.4, -0.2) is 19.0 Å². The first kappa shape index (κ1) is 14.6. The van der Waals surface area contributed by atoms with Gasteiger partial charge in [-0.15, -0.1) is 0 Å². The summed E-state index contributed by atoms with van der Waals surface area (Å²) in [6.45, 7) is 4.68. The van der Waals surface area contributed by atoms with E-state index in [9.17, 15) is 9.18 Å². The van der Waals surface area contributed by atoms with Gasteiger partial charge in [-0.25, -0.2) is 4.39 Å². The summed E-state index contributed by atoms with van der Waals surface area (Å²) in [6.07, 6.45) is 1.45. The standard InChI is InChI=1S/C14H21FN2O/c1-3-6-17-14(18)12(9-16)8-11-4-5-13(15)10(2)7-11/h4-5,7,12H,3,6,8-9,16H2,1-2H3,(H,17,18). The summed E-state index contributed by atoms with van der Waals surface area (Å²) in [7, 11) is 0. The molecule has 0 aromatic heterocycles. The molecule has 0 heterocycles. The fourth-order valence-electron chi connectivity index (χ4n) is 1.79. The molecular weight excluding hydrogens is 231 g/mol. The van der Waals surface area contributed by atoms with E-state index >= 15 is 0 Å². The lowest BCUT2D eigenvalue weighted by molar-refractivity contribution is -0.124. The summed E-state index contributed by atoms with van der Waals surface area (Å²) >= 11 is 0. The van der Waals surface area contributed by atoms with Crippen LogP contribution in [0.5, 0.6) is 0 Å².